The van der Waals surface area contributed by atoms with Gasteiger partial charge in [-0.05, 0) is 40.9 Å². The van der Waals surface area contributed by atoms with E-state index in [0.29, 0.717) is 11.3 Å². The van der Waals surface area contributed by atoms with Crippen molar-refractivity contribution >= 4 is 27.5 Å². The lowest BCUT2D eigenvalue weighted by atomic mass is 9.89. The predicted octanol–water partition coefficient (Wildman–Crippen LogP) is 3.08. The van der Waals surface area contributed by atoms with Crippen molar-refractivity contribution in [1.82, 2.24) is 9.38 Å². The second kappa shape index (κ2) is 6.60. The number of aromatic nitrogens is 2. The summed E-state index contributed by atoms with van der Waals surface area (Å²) in [5.74, 6) is -0.163. The highest BCUT2D eigenvalue weighted by molar-refractivity contribution is 9.10. The van der Waals surface area contributed by atoms with Crippen LogP contribution in [0.15, 0.2) is 33.7 Å². The summed E-state index contributed by atoms with van der Waals surface area (Å²) in [7, 11) is 0. The summed E-state index contributed by atoms with van der Waals surface area (Å²) in [6, 6.07) is 4.98. The zero-order valence-corrected chi connectivity index (χ0v) is 13.7. The summed E-state index contributed by atoms with van der Waals surface area (Å²) in [6.07, 6.45) is 6.85. The van der Waals surface area contributed by atoms with E-state index >= 15 is 0 Å². The summed E-state index contributed by atoms with van der Waals surface area (Å²) in [5, 5.41) is 0. The number of hydrogen-bond donors (Lipinski definition) is 0. The van der Waals surface area contributed by atoms with Gasteiger partial charge >= 0.3 is 5.97 Å². The average Bonchev–Trinajstić information content (AvgIpc) is 2.54. The molecule has 2 aromatic rings. The molecule has 0 bridgehead atoms. The van der Waals surface area contributed by atoms with E-state index < -0.39 is 0 Å². The van der Waals surface area contributed by atoms with Gasteiger partial charge in [0.05, 0.1) is 11.6 Å². The minimum absolute atomic E-state index is 0.00580. The number of esters is 1. The normalized spacial score (nSPS) is 15.9. The molecule has 0 atom stereocenters. The van der Waals surface area contributed by atoms with Crippen LogP contribution in [0.25, 0.3) is 5.65 Å². The molecule has 1 aliphatic carbocycles. The van der Waals surface area contributed by atoms with Crippen LogP contribution in [0.2, 0.25) is 0 Å². The lowest BCUT2D eigenvalue weighted by Gasteiger charge is -2.19. The lowest BCUT2D eigenvalue weighted by Crippen LogP contribution is -2.21. The SMILES string of the molecule is O=C(OCc1cc(=O)n2cc(Br)ccc2n1)C1CCCCC1. The fourth-order valence-corrected chi connectivity index (χ4v) is 3.14. The molecule has 0 unspecified atom stereocenters. The smallest absolute Gasteiger partial charge is 0.309 e. The van der Waals surface area contributed by atoms with E-state index in [1.54, 1.807) is 12.3 Å². The monoisotopic (exact) mass is 364 g/mol. The first-order valence-electron chi connectivity index (χ1n) is 7.48. The third-order valence-corrected chi connectivity index (χ3v) is 4.45. The summed E-state index contributed by atoms with van der Waals surface area (Å²) in [4.78, 5) is 28.4. The van der Waals surface area contributed by atoms with E-state index in [4.69, 9.17) is 4.74 Å². The van der Waals surface area contributed by atoms with Gasteiger partial charge in [0.1, 0.15) is 12.3 Å². The maximum absolute atomic E-state index is 12.1. The summed E-state index contributed by atoms with van der Waals surface area (Å²) >= 11 is 3.32. The van der Waals surface area contributed by atoms with Crippen molar-refractivity contribution in [3.05, 3.63) is 44.9 Å². The number of pyridine rings is 1. The Labute approximate surface area is 136 Å². The number of carbonyl (C=O) groups is 1. The maximum Gasteiger partial charge on any atom is 0.309 e. The third kappa shape index (κ3) is 3.38. The molecule has 0 amide bonds. The first-order valence-corrected chi connectivity index (χ1v) is 8.27. The number of halogens is 1. The minimum atomic E-state index is -0.185. The standard InChI is InChI=1S/C16H17BrN2O3/c17-12-6-7-14-18-13(8-15(20)19(14)9-12)10-22-16(21)11-4-2-1-3-5-11/h6-9,11H,1-5,10H2. The van der Waals surface area contributed by atoms with Crippen LogP contribution in [0.4, 0.5) is 0 Å². The van der Waals surface area contributed by atoms with Gasteiger partial charge in [-0.15, -0.1) is 0 Å². The molecular formula is C16H17BrN2O3. The molecule has 5 nitrogen and oxygen atoms in total. The molecule has 2 aromatic heterocycles. The summed E-state index contributed by atoms with van der Waals surface area (Å²) < 4.78 is 7.60. The molecule has 0 aromatic carbocycles. The Morgan fingerprint density at radius 1 is 1.32 bits per heavy atom. The molecule has 3 rings (SSSR count). The quantitative estimate of drug-likeness (QED) is 0.785. The molecular weight excluding hydrogens is 348 g/mol. The van der Waals surface area contributed by atoms with Gasteiger partial charge in [0.2, 0.25) is 0 Å². The van der Waals surface area contributed by atoms with Crippen LogP contribution < -0.4 is 5.56 Å². The van der Waals surface area contributed by atoms with Crippen molar-refractivity contribution in [2.75, 3.05) is 0 Å². The van der Waals surface area contributed by atoms with E-state index in [2.05, 4.69) is 20.9 Å². The highest BCUT2D eigenvalue weighted by atomic mass is 79.9. The molecule has 22 heavy (non-hydrogen) atoms. The number of ether oxygens (including phenoxy) is 1. The van der Waals surface area contributed by atoms with Crippen molar-refractivity contribution in [2.45, 2.75) is 38.7 Å². The Morgan fingerprint density at radius 2 is 2.09 bits per heavy atom. The van der Waals surface area contributed by atoms with Gasteiger partial charge in [-0.1, -0.05) is 19.3 Å². The van der Waals surface area contributed by atoms with Gasteiger partial charge < -0.3 is 4.74 Å². The van der Waals surface area contributed by atoms with Gasteiger partial charge in [0, 0.05) is 16.7 Å². The van der Waals surface area contributed by atoms with Gasteiger partial charge in [0.25, 0.3) is 5.56 Å². The zero-order valence-electron chi connectivity index (χ0n) is 12.1. The van der Waals surface area contributed by atoms with E-state index in [1.165, 1.54) is 16.9 Å². The van der Waals surface area contributed by atoms with Gasteiger partial charge in [0.15, 0.2) is 0 Å². The molecule has 6 heteroatoms. The number of hydrogen-bond acceptors (Lipinski definition) is 4. The molecule has 0 N–H and O–H groups in total. The zero-order chi connectivity index (χ0) is 15.5. The van der Waals surface area contributed by atoms with Gasteiger partial charge in [-0.25, -0.2) is 4.98 Å². The average molecular weight is 365 g/mol. The largest absolute Gasteiger partial charge is 0.459 e. The fraction of sp³-hybridized carbons (Fsp3) is 0.438. The van der Waals surface area contributed by atoms with Crippen molar-refractivity contribution in [2.24, 2.45) is 5.92 Å². The number of rotatable bonds is 3. The molecule has 0 radical (unpaired) electrons. The van der Waals surface area contributed by atoms with Crippen molar-refractivity contribution in [3.8, 4) is 0 Å². The molecule has 0 aliphatic heterocycles. The number of carbonyl (C=O) groups excluding carboxylic acids is 1. The van der Waals surface area contributed by atoms with Crippen molar-refractivity contribution in [1.29, 1.82) is 0 Å². The van der Waals surface area contributed by atoms with E-state index in [1.807, 2.05) is 6.07 Å². The molecule has 0 saturated heterocycles. The molecule has 0 spiro atoms. The summed E-state index contributed by atoms with van der Waals surface area (Å²) in [5.41, 5.74) is 0.839. The van der Waals surface area contributed by atoms with E-state index in [0.717, 1.165) is 30.2 Å². The second-order valence-corrected chi connectivity index (χ2v) is 6.52. The predicted molar refractivity (Wildman–Crippen MR) is 85.5 cm³/mol. The Hall–Kier alpha value is -1.69. The van der Waals surface area contributed by atoms with E-state index in [-0.39, 0.29) is 24.1 Å². The van der Waals surface area contributed by atoms with Gasteiger partial charge in [-0.2, -0.15) is 0 Å². The Morgan fingerprint density at radius 3 is 2.86 bits per heavy atom. The molecule has 116 valence electrons. The highest BCUT2D eigenvalue weighted by Crippen LogP contribution is 2.24. The van der Waals surface area contributed by atoms with Crippen LogP contribution in [0.1, 0.15) is 37.8 Å². The van der Waals surface area contributed by atoms with Crippen molar-refractivity contribution < 1.29 is 9.53 Å². The topological polar surface area (TPSA) is 60.7 Å². The highest BCUT2D eigenvalue weighted by Gasteiger charge is 2.22. The third-order valence-electron chi connectivity index (χ3n) is 3.98. The van der Waals surface area contributed by atoms with Crippen LogP contribution in [0.3, 0.4) is 0 Å². The van der Waals surface area contributed by atoms with Crippen LogP contribution in [-0.2, 0) is 16.1 Å². The summed E-state index contributed by atoms with van der Waals surface area (Å²) in [6.45, 7) is 0.0527. The molecule has 2 heterocycles. The van der Waals surface area contributed by atoms with Crippen LogP contribution in [0.5, 0.6) is 0 Å². The Bertz CT molecular complexity index is 751. The van der Waals surface area contributed by atoms with Crippen LogP contribution >= 0.6 is 15.9 Å². The Balaban J connectivity index is 1.72. The van der Waals surface area contributed by atoms with E-state index in [9.17, 15) is 9.59 Å². The minimum Gasteiger partial charge on any atom is -0.459 e. The first-order chi connectivity index (χ1) is 10.6. The van der Waals surface area contributed by atoms with Crippen LogP contribution in [-0.4, -0.2) is 15.4 Å². The second-order valence-electron chi connectivity index (χ2n) is 5.60. The molecule has 1 fully saturated rings. The molecule has 1 aliphatic rings. The van der Waals surface area contributed by atoms with Gasteiger partial charge in [-0.3, -0.25) is 14.0 Å². The first kappa shape index (κ1) is 15.2. The maximum atomic E-state index is 12.1. The number of nitrogens with zero attached hydrogens (tertiary/aromatic N) is 2. The molecule has 1 saturated carbocycles. The number of fused-ring (bicyclic) bond motifs is 1. The van der Waals surface area contributed by atoms with Crippen LogP contribution in [0, 0.1) is 5.92 Å². The lowest BCUT2D eigenvalue weighted by molar-refractivity contribution is -0.151. The fourth-order valence-electron chi connectivity index (χ4n) is 2.80. The Kier molecular flexibility index (Phi) is 4.57. The van der Waals surface area contributed by atoms with Crippen molar-refractivity contribution in [3.63, 3.8) is 0 Å².